The number of benzene rings is 1. The van der Waals surface area contributed by atoms with E-state index in [1.54, 1.807) is 0 Å². The van der Waals surface area contributed by atoms with Gasteiger partial charge in [0.1, 0.15) is 0 Å². The van der Waals surface area contributed by atoms with E-state index in [1.165, 1.54) is 11.1 Å². The monoisotopic (exact) mass is 308 g/mol. The number of hydrogen-bond acceptors (Lipinski definition) is 2. The second kappa shape index (κ2) is 7.28. The number of aryl methyl sites for hydroxylation is 1. The Bertz CT molecular complexity index is 491. The van der Waals surface area contributed by atoms with Crippen LogP contribution in [0.3, 0.4) is 0 Å². The quantitative estimate of drug-likeness (QED) is 0.882. The number of nitrogens with one attached hydrogen (secondary N) is 2. The highest BCUT2D eigenvalue weighted by atomic mass is 35.5. The number of fused-ring (bicyclic) bond motifs is 1. The lowest BCUT2D eigenvalue weighted by Gasteiger charge is -2.31. The molecule has 1 aliphatic carbocycles. The Morgan fingerprint density at radius 1 is 1.29 bits per heavy atom. The SMILES string of the molecule is CC1CC(NC(=O)C2CCCc3ccccc32)CCN1.Cl. The molecule has 21 heavy (non-hydrogen) atoms. The zero-order chi connectivity index (χ0) is 13.9. The molecule has 1 fully saturated rings. The van der Waals surface area contributed by atoms with Crippen LogP contribution in [0.15, 0.2) is 24.3 Å². The minimum Gasteiger partial charge on any atom is -0.353 e. The van der Waals surface area contributed by atoms with Gasteiger partial charge in [-0.1, -0.05) is 24.3 Å². The fourth-order valence-corrected chi connectivity index (χ4v) is 3.59. The molecule has 3 atom stereocenters. The fraction of sp³-hybridized carbons (Fsp3) is 0.588. The van der Waals surface area contributed by atoms with Gasteiger partial charge < -0.3 is 10.6 Å². The van der Waals surface area contributed by atoms with Gasteiger partial charge in [0.15, 0.2) is 0 Å². The Morgan fingerprint density at radius 3 is 2.90 bits per heavy atom. The van der Waals surface area contributed by atoms with Crippen molar-refractivity contribution < 1.29 is 4.79 Å². The van der Waals surface area contributed by atoms with Crippen LogP contribution in [0.5, 0.6) is 0 Å². The summed E-state index contributed by atoms with van der Waals surface area (Å²) in [6, 6.07) is 9.27. The molecule has 1 aliphatic heterocycles. The standard InChI is InChI=1S/C17H24N2O.ClH/c1-12-11-14(9-10-18-12)19-17(20)16-8-4-6-13-5-2-3-7-15(13)16;/h2-3,5,7,12,14,16,18H,4,6,8-11H2,1H3,(H,19,20);1H. The smallest absolute Gasteiger partial charge is 0.227 e. The number of amides is 1. The topological polar surface area (TPSA) is 41.1 Å². The highest BCUT2D eigenvalue weighted by molar-refractivity contribution is 5.85. The van der Waals surface area contributed by atoms with Crippen molar-refractivity contribution in [2.45, 2.75) is 57.0 Å². The first kappa shape index (κ1) is 16.3. The van der Waals surface area contributed by atoms with Crippen LogP contribution in [-0.4, -0.2) is 24.5 Å². The van der Waals surface area contributed by atoms with Gasteiger partial charge in [-0.2, -0.15) is 0 Å². The number of rotatable bonds is 2. The van der Waals surface area contributed by atoms with Crippen LogP contribution in [-0.2, 0) is 11.2 Å². The van der Waals surface area contributed by atoms with Crippen molar-refractivity contribution in [3.63, 3.8) is 0 Å². The Hall–Kier alpha value is -1.06. The molecular weight excluding hydrogens is 284 g/mol. The van der Waals surface area contributed by atoms with E-state index in [2.05, 4.69) is 41.8 Å². The molecule has 0 bridgehead atoms. The van der Waals surface area contributed by atoms with E-state index in [9.17, 15) is 4.79 Å². The van der Waals surface area contributed by atoms with Crippen molar-refractivity contribution >= 4 is 18.3 Å². The van der Waals surface area contributed by atoms with E-state index in [0.29, 0.717) is 12.1 Å². The van der Waals surface area contributed by atoms with E-state index in [4.69, 9.17) is 0 Å². The summed E-state index contributed by atoms with van der Waals surface area (Å²) in [6.07, 6.45) is 5.32. The molecule has 4 heteroatoms. The molecule has 116 valence electrons. The van der Waals surface area contributed by atoms with E-state index in [-0.39, 0.29) is 24.2 Å². The van der Waals surface area contributed by atoms with Gasteiger partial charge in [0.25, 0.3) is 0 Å². The van der Waals surface area contributed by atoms with Crippen molar-refractivity contribution in [3.8, 4) is 0 Å². The summed E-state index contributed by atoms with van der Waals surface area (Å²) in [4.78, 5) is 12.6. The summed E-state index contributed by atoms with van der Waals surface area (Å²) in [5, 5.41) is 6.71. The summed E-state index contributed by atoms with van der Waals surface area (Å²) < 4.78 is 0. The zero-order valence-electron chi connectivity index (χ0n) is 12.6. The molecule has 0 spiro atoms. The third-order valence-corrected chi connectivity index (χ3v) is 4.66. The fourth-order valence-electron chi connectivity index (χ4n) is 3.59. The van der Waals surface area contributed by atoms with Crippen LogP contribution in [0.25, 0.3) is 0 Å². The molecule has 3 nitrogen and oxygen atoms in total. The Balaban J connectivity index is 0.00000161. The van der Waals surface area contributed by atoms with Crippen LogP contribution in [0.1, 0.15) is 49.7 Å². The molecule has 1 amide bonds. The molecule has 3 rings (SSSR count). The number of carbonyl (C=O) groups excluding carboxylic acids is 1. The van der Waals surface area contributed by atoms with Gasteiger partial charge in [0, 0.05) is 12.1 Å². The molecule has 2 N–H and O–H groups in total. The van der Waals surface area contributed by atoms with E-state index >= 15 is 0 Å². The predicted molar refractivity (Wildman–Crippen MR) is 88.0 cm³/mol. The number of hydrogen-bond donors (Lipinski definition) is 2. The largest absolute Gasteiger partial charge is 0.353 e. The minimum atomic E-state index is 0. The van der Waals surface area contributed by atoms with Gasteiger partial charge in [0.05, 0.1) is 5.92 Å². The molecule has 0 radical (unpaired) electrons. The van der Waals surface area contributed by atoms with Gasteiger partial charge in [-0.25, -0.2) is 0 Å². The van der Waals surface area contributed by atoms with Crippen molar-refractivity contribution in [2.75, 3.05) is 6.54 Å². The highest BCUT2D eigenvalue weighted by Crippen LogP contribution is 2.31. The second-order valence-corrected chi connectivity index (χ2v) is 6.23. The maximum absolute atomic E-state index is 12.6. The van der Waals surface area contributed by atoms with Crippen LogP contribution < -0.4 is 10.6 Å². The van der Waals surface area contributed by atoms with Gasteiger partial charge >= 0.3 is 0 Å². The molecule has 3 unspecified atom stereocenters. The van der Waals surface area contributed by atoms with Crippen molar-refractivity contribution in [1.82, 2.24) is 10.6 Å². The molecule has 0 saturated carbocycles. The van der Waals surface area contributed by atoms with E-state index in [0.717, 1.165) is 38.6 Å². The Labute approximate surface area is 133 Å². The van der Waals surface area contributed by atoms with Gasteiger partial charge in [-0.15, -0.1) is 12.4 Å². The summed E-state index contributed by atoms with van der Waals surface area (Å²) >= 11 is 0. The Morgan fingerprint density at radius 2 is 2.10 bits per heavy atom. The number of carbonyl (C=O) groups is 1. The number of halogens is 1. The van der Waals surface area contributed by atoms with E-state index in [1.807, 2.05) is 0 Å². The van der Waals surface area contributed by atoms with Gasteiger partial charge in [0.2, 0.25) is 5.91 Å². The van der Waals surface area contributed by atoms with Gasteiger partial charge in [-0.05, 0) is 56.7 Å². The van der Waals surface area contributed by atoms with Crippen LogP contribution in [0.2, 0.25) is 0 Å². The lowest BCUT2D eigenvalue weighted by molar-refractivity contribution is -0.123. The first-order valence-corrected chi connectivity index (χ1v) is 7.85. The van der Waals surface area contributed by atoms with Crippen molar-refractivity contribution in [3.05, 3.63) is 35.4 Å². The first-order valence-electron chi connectivity index (χ1n) is 7.85. The average molecular weight is 309 g/mol. The average Bonchev–Trinajstić information content (AvgIpc) is 2.46. The molecule has 2 aliphatic rings. The van der Waals surface area contributed by atoms with E-state index < -0.39 is 0 Å². The maximum atomic E-state index is 12.6. The zero-order valence-corrected chi connectivity index (χ0v) is 13.4. The maximum Gasteiger partial charge on any atom is 0.227 e. The first-order chi connectivity index (χ1) is 9.74. The summed E-state index contributed by atoms with van der Waals surface area (Å²) in [5.41, 5.74) is 2.61. The highest BCUT2D eigenvalue weighted by Gasteiger charge is 2.28. The van der Waals surface area contributed by atoms with Crippen LogP contribution >= 0.6 is 12.4 Å². The normalized spacial score (nSPS) is 28.1. The summed E-state index contributed by atoms with van der Waals surface area (Å²) in [6.45, 7) is 3.20. The third kappa shape index (κ3) is 3.78. The number of piperidine rings is 1. The summed E-state index contributed by atoms with van der Waals surface area (Å²) in [7, 11) is 0. The predicted octanol–water partition coefficient (Wildman–Crippen LogP) is 2.79. The van der Waals surface area contributed by atoms with Crippen molar-refractivity contribution in [1.29, 1.82) is 0 Å². The molecule has 1 saturated heterocycles. The lowest BCUT2D eigenvalue weighted by Crippen LogP contribution is -2.48. The molecule has 0 aromatic heterocycles. The van der Waals surface area contributed by atoms with Crippen molar-refractivity contribution in [2.24, 2.45) is 0 Å². The molecule has 1 heterocycles. The Kier molecular flexibility index (Phi) is 5.65. The summed E-state index contributed by atoms with van der Waals surface area (Å²) in [5.74, 6) is 0.293. The van der Waals surface area contributed by atoms with Crippen LogP contribution in [0.4, 0.5) is 0 Å². The molecule has 1 aromatic carbocycles. The third-order valence-electron chi connectivity index (χ3n) is 4.66. The van der Waals surface area contributed by atoms with Gasteiger partial charge in [-0.3, -0.25) is 4.79 Å². The lowest BCUT2D eigenvalue weighted by atomic mass is 9.82. The minimum absolute atomic E-state index is 0. The molecular formula is C17H25ClN2O. The van der Waals surface area contributed by atoms with Crippen LogP contribution in [0, 0.1) is 0 Å². The molecule has 1 aromatic rings. The second-order valence-electron chi connectivity index (χ2n) is 6.23.